The molecule has 1 unspecified atom stereocenters. The Morgan fingerprint density at radius 1 is 1.19 bits per heavy atom. The second-order valence-electron chi connectivity index (χ2n) is 8.48. The van der Waals surface area contributed by atoms with Gasteiger partial charge < -0.3 is 10.2 Å². The molecule has 3 aromatic heterocycles. The van der Waals surface area contributed by atoms with Crippen molar-refractivity contribution in [1.82, 2.24) is 24.8 Å². The molecule has 4 rings (SSSR count). The molecular weight excluding hydrogens is 510 g/mol. The van der Waals surface area contributed by atoms with Crippen LogP contribution >= 0.6 is 11.3 Å². The van der Waals surface area contributed by atoms with Crippen molar-refractivity contribution in [2.45, 2.75) is 38.4 Å². The summed E-state index contributed by atoms with van der Waals surface area (Å²) in [5, 5.41) is 3.28. The average molecular weight is 530 g/mol. The van der Waals surface area contributed by atoms with E-state index in [1.807, 2.05) is 0 Å². The number of carbonyl (C=O) groups excluding carboxylic acids is 1. The Morgan fingerprint density at radius 2 is 1.94 bits per heavy atom. The van der Waals surface area contributed by atoms with Gasteiger partial charge in [0.15, 0.2) is 5.69 Å². The van der Waals surface area contributed by atoms with Crippen molar-refractivity contribution in [3.63, 3.8) is 0 Å². The topological polar surface area (TPSA) is 83.9 Å². The van der Waals surface area contributed by atoms with Gasteiger partial charge in [0, 0.05) is 13.0 Å². The van der Waals surface area contributed by atoms with E-state index < -0.39 is 54.4 Å². The third kappa shape index (κ3) is 5.58. The third-order valence-corrected chi connectivity index (χ3v) is 6.66. The zero-order chi connectivity index (χ0) is 26.3. The predicted octanol–water partition coefficient (Wildman–Crippen LogP) is 5.06. The smallest absolute Gasteiger partial charge is 0.367 e. The van der Waals surface area contributed by atoms with Gasteiger partial charge in [-0.2, -0.15) is 13.2 Å². The number of hydrogen-bond donors (Lipinski definition) is 1. The van der Waals surface area contributed by atoms with E-state index >= 15 is 0 Å². The number of alkyl halides is 5. The van der Waals surface area contributed by atoms with Crippen LogP contribution in [0.3, 0.4) is 0 Å². The maximum absolute atomic E-state index is 14.5. The van der Waals surface area contributed by atoms with Crippen LogP contribution in [0.1, 0.15) is 34.5 Å². The second kappa shape index (κ2) is 9.64. The number of amides is 1. The predicted molar refractivity (Wildman–Crippen MR) is 119 cm³/mol. The molecule has 1 fully saturated rings. The minimum atomic E-state index is -4.65. The van der Waals surface area contributed by atoms with Crippen molar-refractivity contribution in [1.29, 1.82) is 0 Å². The van der Waals surface area contributed by atoms with E-state index in [4.69, 9.17) is 0 Å². The molecule has 4 heterocycles. The fraction of sp³-hybridized carbons (Fsp3) is 0.409. The number of nitrogens with zero attached hydrogens (tertiary/aromatic N) is 5. The highest BCUT2D eigenvalue weighted by Crippen LogP contribution is 2.37. The summed E-state index contributed by atoms with van der Waals surface area (Å²) in [4.78, 5) is 30.1. The summed E-state index contributed by atoms with van der Waals surface area (Å²) in [5.74, 6) is -5.15. The molecule has 14 heteroatoms. The fourth-order valence-electron chi connectivity index (χ4n) is 4.05. The minimum Gasteiger partial charge on any atom is -0.367 e. The highest BCUT2D eigenvalue weighted by molar-refractivity contribution is 7.15. The first-order valence-corrected chi connectivity index (χ1v) is 11.6. The highest BCUT2D eigenvalue weighted by Gasteiger charge is 2.47. The summed E-state index contributed by atoms with van der Waals surface area (Å²) in [7, 11) is 0. The van der Waals surface area contributed by atoms with Gasteiger partial charge in [-0.05, 0) is 25.0 Å². The molecule has 1 amide bonds. The second-order valence-corrected chi connectivity index (χ2v) is 9.68. The Morgan fingerprint density at radius 3 is 2.56 bits per heavy atom. The number of halogens is 6. The van der Waals surface area contributed by atoms with E-state index in [9.17, 15) is 31.1 Å². The lowest BCUT2D eigenvalue weighted by atomic mass is 9.88. The van der Waals surface area contributed by atoms with Crippen molar-refractivity contribution < 1.29 is 31.1 Å². The number of rotatable bonds is 5. The van der Waals surface area contributed by atoms with Gasteiger partial charge >= 0.3 is 6.18 Å². The number of carbonyl (C=O) groups is 1. The molecule has 192 valence electrons. The maximum Gasteiger partial charge on any atom is 0.434 e. The standard InChI is InChI=1S/C22H20F6N6OS/c1-11-5-21(24,25)10-34(15(11)7-31-17-9-30-16(8-32-17)22(26,27)28)20(35)18-19(36-12(2)33-18)14-4-3-13(23)6-29-14/h3-4,6,8-9,11,15H,5,7,10H2,1-2H3,(H,31,32)/t11?,15-/m1/s1. The zero-order valence-corrected chi connectivity index (χ0v) is 19.8. The van der Waals surface area contributed by atoms with Crippen molar-refractivity contribution in [2.24, 2.45) is 5.92 Å². The van der Waals surface area contributed by atoms with E-state index in [0.717, 1.165) is 28.6 Å². The maximum atomic E-state index is 14.5. The van der Waals surface area contributed by atoms with Gasteiger partial charge in [0.1, 0.15) is 17.3 Å². The van der Waals surface area contributed by atoms with E-state index in [0.29, 0.717) is 16.1 Å². The normalized spacial score (nSPS) is 19.8. The molecule has 0 aliphatic carbocycles. The molecule has 1 saturated heterocycles. The van der Waals surface area contributed by atoms with Crippen LogP contribution < -0.4 is 5.32 Å². The van der Waals surface area contributed by atoms with Crippen LogP contribution in [0.5, 0.6) is 0 Å². The fourth-order valence-corrected chi connectivity index (χ4v) is 4.93. The molecule has 36 heavy (non-hydrogen) atoms. The summed E-state index contributed by atoms with van der Waals surface area (Å²) >= 11 is 1.12. The van der Waals surface area contributed by atoms with Crippen LogP contribution in [0.2, 0.25) is 0 Å². The van der Waals surface area contributed by atoms with Crippen LogP contribution in [0, 0.1) is 18.7 Å². The Hall–Kier alpha value is -3.29. The van der Waals surface area contributed by atoms with Gasteiger partial charge in [-0.25, -0.2) is 28.1 Å². The number of thiazole rings is 1. The highest BCUT2D eigenvalue weighted by atomic mass is 32.1. The van der Waals surface area contributed by atoms with Crippen molar-refractivity contribution in [2.75, 3.05) is 18.4 Å². The summed E-state index contributed by atoms with van der Waals surface area (Å²) < 4.78 is 80.6. The molecule has 0 saturated carbocycles. The number of likely N-dealkylation sites (tertiary alicyclic amines) is 1. The molecular formula is C22H20F6N6OS. The first kappa shape index (κ1) is 25.8. The van der Waals surface area contributed by atoms with Gasteiger partial charge in [-0.3, -0.25) is 9.78 Å². The Labute approximate surface area is 205 Å². The molecule has 0 bridgehead atoms. The molecule has 0 radical (unpaired) electrons. The summed E-state index contributed by atoms with van der Waals surface area (Å²) in [6.07, 6.45) is -2.71. The van der Waals surface area contributed by atoms with E-state index in [1.165, 1.54) is 12.1 Å². The number of aryl methyl sites for hydroxylation is 1. The monoisotopic (exact) mass is 530 g/mol. The number of anilines is 1. The van der Waals surface area contributed by atoms with Crippen LogP contribution in [-0.2, 0) is 6.18 Å². The van der Waals surface area contributed by atoms with Crippen LogP contribution in [-0.4, -0.2) is 55.8 Å². The Kier molecular flexibility index (Phi) is 6.90. The molecule has 1 N–H and O–H groups in total. The Bertz CT molecular complexity index is 1230. The lowest BCUT2D eigenvalue weighted by Crippen LogP contribution is -2.57. The van der Waals surface area contributed by atoms with Gasteiger partial charge in [-0.1, -0.05) is 6.92 Å². The van der Waals surface area contributed by atoms with Crippen molar-refractivity contribution >= 4 is 23.1 Å². The number of pyridine rings is 1. The number of piperidine rings is 1. The van der Waals surface area contributed by atoms with Gasteiger partial charge in [0.05, 0.1) is 46.8 Å². The van der Waals surface area contributed by atoms with Gasteiger partial charge in [0.25, 0.3) is 11.8 Å². The molecule has 1 aliphatic rings. The largest absolute Gasteiger partial charge is 0.434 e. The van der Waals surface area contributed by atoms with E-state index in [-0.39, 0.29) is 23.8 Å². The van der Waals surface area contributed by atoms with E-state index in [1.54, 1.807) is 13.8 Å². The van der Waals surface area contributed by atoms with Crippen LogP contribution in [0.15, 0.2) is 30.7 Å². The number of nitrogens with one attached hydrogen (secondary N) is 1. The number of aromatic nitrogens is 4. The quantitative estimate of drug-likeness (QED) is 0.465. The van der Waals surface area contributed by atoms with Crippen molar-refractivity contribution in [3.8, 4) is 10.6 Å². The Balaban J connectivity index is 1.60. The SMILES string of the molecule is Cc1nc(C(=O)N2CC(F)(F)CC(C)[C@H]2CNc2cnc(C(F)(F)F)cn2)c(-c2ccc(F)cn2)s1. The molecule has 0 aromatic carbocycles. The average Bonchev–Trinajstić information content (AvgIpc) is 3.19. The van der Waals surface area contributed by atoms with Gasteiger partial charge in [-0.15, -0.1) is 11.3 Å². The first-order valence-electron chi connectivity index (χ1n) is 10.8. The van der Waals surface area contributed by atoms with Crippen molar-refractivity contribution in [3.05, 3.63) is 52.9 Å². The summed E-state index contributed by atoms with van der Waals surface area (Å²) in [6, 6.07) is 1.78. The molecule has 7 nitrogen and oxygen atoms in total. The molecule has 2 atom stereocenters. The third-order valence-electron chi connectivity index (χ3n) is 5.67. The summed E-state index contributed by atoms with van der Waals surface area (Å²) in [6.45, 7) is 2.28. The molecule has 0 spiro atoms. The summed E-state index contributed by atoms with van der Waals surface area (Å²) in [5.41, 5.74) is -0.978. The molecule has 1 aliphatic heterocycles. The minimum absolute atomic E-state index is 0.000589. The number of hydrogen-bond acceptors (Lipinski definition) is 7. The lowest BCUT2D eigenvalue weighted by molar-refractivity contribution is -0.141. The zero-order valence-electron chi connectivity index (χ0n) is 19.0. The molecule has 3 aromatic rings. The van der Waals surface area contributed by atoms with Crippen LogP contribution in [0.4, 0.5) is 32.2 Å². The first-order chi connectivity index (χ1) is 16.8. The van der Waals surface area contributed by atoms with Gasteiger partial charge in [0.2, 0.25) is 0 Å². The lowest BCUT2D eigenvalue weighted by Gasteiger charge is -2.43. The van der Waals surface area contributed by atoms with Crippen LogP contribution in [0.25, 0.3) is 10.6 Å². The van der Waals surface area contributed by atoms with E-state index in [2.05, 4.69) is 25.3 Å².